The highest BCUT2D eigenvalue weighted by Gasteiger charge is 2.40. The fourth-order valence-electron chi connectivity index (χ4n) is 2.50. The summed E-state index contributed by atoms with van der Waals surface area (Å²) in [7, 11) is 1.78. The van der Waals surface area contributed by atoms with Gasteiger partial charge in [-0.1, -0.05) is 0 Å². The van der Waals surface area contributed by atoms with Gasteiger partial charge >= 0.3 is 5.97 Å². The summed E-state index contributed by atoms with van der Waals surface area (Å²) in [5.74, 6) is -1.77. The van der Waals surface area contributed by atoms with E-state index in [1.807, 2.05) is 6.92 Å². The number of carboxylic acid groups (broad SMARTS) is 1. The highest BCUT2D eigenvalue weighted by molar-refractivity contribution is 9.10. The Bertz CT molecular complexity index is 528. The smallest absolute Gasteiger partial charge is 0.311 e. The Labute approximate surface area is 125 Å². The normalized spacial score (nSPS) is 21.9. The molecule has 1 saturated heterocycles. The van der Waals surface area contributed by atoms with E-state index in [9.17, 15) is 14.7 Å². The fraction of sp³-hybridized carbons (Fsp3) is 0.538. The number of likely N-dealkylation sites (N-methyl/N-ethyl adjacent to an activating group) is 1. The van der Waals surface area contributed by atoms with Crippen molar-refractivity contribution in [1.29, 1.82) is 0 Å². The predicted octanol–water partition coefficient (Wildman–Crippen LogP) is 1.35. The average Bonchev–Trinajstić information content (AvgIpc) is 2.97. The van der Waals surface area contributed by atoms with Crippen molar-refractivity contribution in [3.8, 4) is 0 Å². The minimum Gasteiger partial charge on any atom is -0.481 e. The number of halogens is 1. The first-order valence-corrected chi connectivity index (χ1v) is 7.18. The number of aryl methyl sites for hydroxylation is 1. The summed E-state index contributed by atoms with van der Waals surface area (Å²) in [6.45, 7) is 2.70. The van der Waals surface area contributed by atoms with E-state index in [0.29, 0.717) is 12.2 Å². The van der Waals surface area contributed by atoms with Crippen molar-refractivity contribution in [3.63, 3.8) is 0 Å². The number of amides is 1. The zero-order valence-corrected chi connectivity index (χ0v) is 13.0. The third-order valence-corrected chi connectivity index (χ3v) is 3.99. The van der Waals surface area contributed by atoms with Gasteiger partial charge in [0.2, 0.25) is 0 Å². The molecule has 1 aromatic heterocycles. The quantitative estimate of drug-likeness (QED) is 0.894. The fourth-order valence-corrected chi connectivity index (χ4v) is 3.02. The van der Waals surface area contributed by atoms with Crippen molar-refractivity contribution < 1.29 is 19.4 Å². The van der Waals surface area contributed by atoms with E-state index >= 15 is 0 Å². The summed E-state index contributed by atoms with van der Waals surface area (Å²) >= 11 is 3.33. The zero-order valence-electron chi connectivity index (χ0n) is 11.4. The number of hydrogen-bond donors (Lipinski definition) is 1. The first-order chi connectivity index (χ1) is 9.45. The van der Waals surface area contributed by atoms with Crippen LogP contribution in [-0.2, 0) is 16.6 Å². The van der Waals surface area contributed by atoms with Crippen molar-refractivity contribution >= 4 is 27.8 Å². The second kappa shape index (κ2) is 5.97. The number of aliphatic carboxylic acids is 1. The van der Waals surface area contributed by atoms with Crippen LogP contribution in [0.5, 0.6) is 0 Å². The van der Waals surface area contributed by atoms with E-state index in [1.165, 1.54) is 0 Å². The Morgan fingerprint density at radius 3 is 2.75 bits per heavy atom. The summed E-state index contributed by atoms with van der Waals surface area (Å²) < 4.78 is 7.78. The van der Waals surface area contributed by atoms with Gasteiger partial charge in [0.25, 0.3) is 5.91 Å². The molecule has 0 aromatic carbocycles. The summed E-state index contributed by atoms with van der Waals surface area (Å²) in [5, 5.41) is 9.21. The third-order valence-electron chi connectivity index (χ3n) is 3.56. The molecular formula is C13H17BrN2O4. The molecular weight excluding hydrogens is 328 g/mol. The summed E-state index contributed by atoms with van der Waals surface area (Å²) in [4.78, 5) is 25.4. The highest BCUT2D eigenvalue weighted by Crippen LogP contribution is 2.23. The molecule has 20 heavy (non-hydrogen) atoms. The lowest BCUT2D eigenvalue weighted by molar-refractivity contribution is -0.142. The maximum Gasteiger partial charge on any atom is 0.311 e. The van der Waals surface area contributed by atoms with Gasteiger partial charge in [-0.3, -0.25) is 9.59 Å². The molecule has 0 radical (unpaired) electrons. The summed E-state index contributed by atoms with van der Waals surface area (Å²) in [6, 6.07) is 1.31. The lowest BCUT2D eigenvalue weighted by Crippen LogP contribution is -2.46. The standard InChI is InChI=1S/C13H17BrN2O4/c1-3-16(11-7-20-6-9(11)13(18)19)12(17)10-4-8(14)5-15(10)2/h4-5,9,11H,3,6-7H2,1-2H3,(H,18,19). The van der Waals surface area contributed by atoms with Crippen molar-refractivity contribution in [2.24, 2.45) is 13.0 Å². The molecule has 1 N–H and O–H groups in total. The number of carboxylic acids is 1. The van der Waals surface area contributed by atoms with Crippen LogP contribution in [0.15, 0.2) is 16.7 Å². The molecule has 1 aliphatic heterocycles. The van der Waals surface area contributed by atoms with Crippen LogP contribution < -0.4 is 0 Å². The molecule has 0 aliphatic carbocycles. The molecule has 0 bridgehead atoms. The molecule has 1 aliphatic rings. The third kappa shape index (κ3) is 2.73. The molecule has 1 amide bonds. The number of hydrogen-bond acceptors (Lipinski definition) is 3. The van der Waals surface area contributed by atoms with E-state index in [2.05, 4.69) is 15.9 Å². The van der Waals surface area contributed by atoms with E-state index in [0.717, 1.165) is 4.47 Å². The lowest BCUT2D eigenvalue weighted by Gasteiger charge is -2.29. The van der Waals surface area contributed by atoms with E-state index in [-0.39, 0.29) is 19.1 Å². The van der Waals surface area contributed by atoms with Crippen LogP contribution >= 0.6 is 15.9 Å². The van der Waals surface area contributed by atoms with Gasteiger partial charge in [0.1, 0.15) is 11.6 Å². The van der Waals surface area contributed by atoms with Gasteiger partial charge in [0, 0.05) is 24.3 Å². The van der Waals surface area contributed by atoms with Gasteiger partial charge in [-0.25, -0.2) is 0 Å². The molecule has 2 rings (SSSR count). The maximum absolute atomic E-state index is 12.6. The monoisotopic (exact) mass is 344 g/mol. The summed E-state index contributed by atoms with van der Waals surface area (Å²) in [6.07, 6.45) is 1.79. The topological polar surface area (TPSA) is 71.8 Å². The van der Waals surface area contributed by atoms with Gasteiger partial charge < -0.3 is 19.3 Å². The zero-order chi connectivity index (χ0) is 14.9. The van der Waals surface area contributed by atoms with Gasteiger partial charge in [-0.15, -0.1) is 0 Å². The average molecular weight is 345 g/mol. The lowest BCUT2D eigenvalue weighted by atomic mass is 10.0. The highest BCUT2D eigenvalue weighted by atomic mass is 79.9. The van der Waals surface area contributed by atoms with Gasteiger partial charge in [-0.2, -0.15) is 0 Å². The van der Waals surface area contributed by atoms with Gasteiger partial charge in [0.05, 0.1) is 19.3 Å². The SMILES string of the molecule is CCN(C(=O)c1cc(Br)cn1C)C1COCC1C(=O)O. The number of carbonyl (C=O) groups excluding carboxylic acids is 1. The van der Waals surface area contributed by atoms with Crippen molar-refractivity contribution in [2.45, 2.75) is 13.0 Å². The minimum atomic E-state index is -0.924. The number of ether oxygens (including phenoxy) is 1. The van der Waals surface area contributed by atoms with E-state index < -0.39 is 17.9 Å². The van der Waals surface area contributed by atoms with Crippen LogP contribution in [0.2, 0.25) is 0 Å². The minimum absolute atomic E-state index is 0.153. The second-order valence-electron chi connectivity index (χ2n) is 4.80. The summed E-state index contributed by atoms with van der Waals surface area (Å²) in [5.41, 5.74) is 0.523. The Morgan fingerprint density at radius 1 is 1.55 bits per heavy atom. The Kier molecular flexibility index (Phi) is 4.49. The van der Waals surface area contributed by atoms with Gasteiger partial charge in [-0.05, 0) is 28.9 Å². The Balaban J connectivity index is 2.26. The first-order valence-electron chi connectivity index (χ1n) is 6.39. The molecule has 6 nitrogen and oxygen atoms in total. The number of rotatable bonds is 4. The Hall–Kier alpha value is -1.34. The van der Waals surface area contributed by atoms with Crippen molar-refractivity contribution in [1.82, 2.24) is 9.47 Å². The molecule has 110 valence electrons. The predicted molar refractivity (Wildman–Crippen MR) is 75.6 cm³/mol. The molecule has 1 fully saturated rings. The molecule has 2 heterocycles. The van der Waals surface area contributed by atoms with Crippen LogP contribution in [0.25, 0.3) is 0 Å². The largest absolute Gasteiger partial charge is 0.481 e. The maximum atomic E-state index is 12.6. The van der Waals surface area contributed by atoms with Crippen LogP contribution in [0, 0.1) is 5.92 Å². The molecule has 2 atom stereocenters. The molecule has 2 unspecified atom stereocenters. The first kappa shape index (κ1) is 15.1. The molecule has 0 saturated carbocycles. The number of nitrogens with zero attached hydrogens (tertiary/aromatic N) is 2. The molecule has 1 aromatic rings. The van der Waals surface area contributed by atoms with Crippen LogP contribution in [0.1, 0.15) is 17.4 Å². The number of aromatic nitrogens is 1. The molecule has 0 spiro atoms. The van der Waals surface area contributed by atoms with E-state index in [4.69, 9.17) is 4.74 Å². The second-order valence-corrected chi connectivity index (χ2v) is 5.71. The Morgan fingerprint density at radius 2 is 2.25 bits per heavy atom. The van der Waals surface area contributed by atoms with Crippen LogP contribution in [0.3, 0.4) is 0 Å². The van der Waals surface area contributed by atoms with E-state index in [1.54, 1.807) is 28.8 Å². The van der Waals surface area contributed by atoms with Crippen LogP contribution in [-0.4, -0.2) is 52.3 Å². The van der Waals surface area contributed by atoms with Gasteiger partial charge in [0.15, 0.2) is 0 Å². The molecule has 7 heteroatoms. The number of carbonyl (C=O) groups is 2. The van der Waals surface area contributed by atoms with Crippen molar-refractivity contribution in [2.75, 3.05) is 19.8 Å². The van der Waals surface area contributed by atoms with Crippen LogP contribution in [0.4, 0.5) is 0 Å². The van der Waals surface area contributed by atoms with Crippen molar-refractivity contribution in [3.05, 3.63) is 22.4 Å².